The molecule has 0 bridgehead atoms. The first-order chi connectivity index (χ1) is 11.7. The van der Waals surface area contributed by atoms with Crippen LogP contribution < -0.4 is 21.4 Å². The lowest BCUT2D eigenvalue weighted by Gasteiger charge is -2.29. The molecule has 1 aromatic rings. The maximum absolute atomic E-state index is 12.1. The maximum atomic E-state index is 12.1. The van der Waals surface area contributed by atoms with E-state index in [1.807, 2.05) is 26.0 Å². The molecule has 1 aliphatic carbocycles. The third-order valence-electron chi connectivity index (χ3n) is 4.52. The number of aromatic nitrogens is 1. The Labute approximate surface area is 148 Å². The minimum absolute atomic E-state index is 0. The van der Waals surface area contributed by atoms with Gasteiger partial charge in [0.2, 0.25) is 0 Å². The normalized spacial score (nSPS) is 27.1. The molecule has 7 nitrogen and oxygen atoms in total. The number of H-pyrrole nitrogens is 1. The SMILES string of the molecule is COC(=O)c1cc2c([nH]c1=O)=CC(C)(NCC1COC(C)(C)O1)CC=2.[HH].[HH]. The zero-order valence-corrected chi connectivity index (χ0v) is 15.0. The van der Waals surface area contributed by atoms with E-state index in [-0.39, 0.29) is 20.1 Å². The van der Waals surface area contributed by atoms with Crippen molar-refractivity contribution in [3.05, 3.63) is 32.6 Å². The van der Waals surface area contributed by atoms with Gasteiger partial charge in [0.15, 0.2) is 5.79 Å². The van der Waals surface area contributed by atoms with E-state index in [2.05, 4.69) is 22.0 Å². The van der Waals surface area contributed by atoms with Crippen LogP contribution in [-0.4, -0.2) is 48.6 Å². The van der Waals surface area contributed by atoms with Gasteiger partial charge in [0.25, 0.3) is 5.56 Å². The van der Waals surface area contributed by atoms with Crippen LogP contribution in [0.4, 0.5) is 0 Å². The van der Waals surface area contributed by atoms with E-state index in [0.717, 1.165) is 11.6 Å². The third kappa shape index (κ3) is 3.84. The lowest BCUT2D eigenvalue weighted by molar-refractivity contribution is -0.138. The number of pyridine rings is 1. The van der Waals surface area contributed by atoms with Gasteiger partial charge in [-0.2, -0.15) is 0 Å². The molecule has 2 heterocycles. The third-order valence-corrected chi connectivity index (χ3v) is 4.52. The van der Waals surface area contributed by atoms with Gasteiger partial charge in [-0.1, -0.05) is 6.08 Å². The summed E-state index contributed by atoms with van der Waals surface area (Å²) in [5, 5.41) is 5.00. The van der Waals surface area contributed by atoms with E-state index in [0.29, 0.717) is 18.5 Å². The second kappa shape index (κ2) is 6.40. The first kappa shape index (κ1) is 17.8. The van der Waals surface area contributed by atoms with Crippen LogP contribution in [0.2, 0.25) is 0 Å². The van der Waals surface area contributed by atoms with E-state index in [1.165, 1.54) is 7.11 Å². The first-order valence-electron chi connectivity index (χ1n) is 8.33. The molecule has 1 aromatic heterocycles. The number of hydrogen-bond acceptors (Lipinski definition) is 6. The molecule has 25 heavy (non-hydrogen) atoms. The number of fused-ring (bicyclic) bond motifs is 1. The largest absolute Gasteiger partial charge is 0.465 e. The molecule has 0 aromatic carbocycles. The molecule has 0 radical (unpaired) electrons. The van der Waals surface area contributed by atoms with Gasteiger partial charge in [-0.25, -0.2) is 4.79 Å². The number of carbonyl (C=O) groups excluding carboxylic acids is 1. The summed E-state index contributed by atoms with van der Waals surface area (Å²) in [6.45, 7) is 7.05. The molecule has 2 atom stereocenters. The first-order valence-corrected chi connectivity index (χ1v) is 8.33. The minimum atomic E-state index is -0.634. The number of hydrogen-bond donors (Lipinski definition) is 2. The summed E-state index contributed by atoms with van der Waals surface area (Å²) in [4.78, 5) is 26.5. The number of carbonyl (C=O) groups is 1. The Morgan fingerprint density at radius 2 is 2.24 bits per heavy atom. The average Bonchev–Trinajstić information content (AvgIpc) is 2.91. The van der Waals surface area contributed by atoms with Gasteiger partial charge in [0, 0.05) is 20.3 Å². The highest BCUT2D eigenvalue weighted by atomic mass is 16.7. The molecule has 1 fully saturated rings. The number of ether oxygens (including phenoxy) is 3. The van der Waals surface area contributed by atoms with E-state index in [1.54, 1.807) is 6.07 Å². The Kier molecular flexibility index (Phi) is 4.57. The van der Waals surface area contributed by atoms with Crippen LogP contribution in [0.15, 0.2) is 10.9 Å². The van der Waals surface area contributed by atoms with Crippen LogP contribution in [0.3, 0.4) is 0 Å². The zero-order valence-electron chi connectivity index (χ0n) is 15.0. The number of esters is 1. The summed E-state index contributed by atoms with van der Waals surface area (Å²) in [6, 6.07) is 1.58. The predicted molar refractivity (Wildman–Crippen MR) is 96.7 cm³/mol. The van der Waals surface area contributed by atoms with Crippen LogP contribution in [0.1, 0.15) is 40.4 Å². The van der Waals surface area contributed by atoms with Crippen LogP contribution in [0.25, 0.3) is 12.2 Å². The highest BCUT2D eigenvalue weighted by molar-refractivity contribution is 5.88. The topological polar surface area (TPSA) is 89.7 Å². The lowest BCUT2D eigenvalue weighted by atomic mass is 9.92. The van der Waals surface area contributed by atoms with Crippen molar-refractivity contribution in [1.82, 2.24) is 10.3 Å². The second-order valence-electron chi connectivity index (χ2n) is 7.17. The number of aromatic amines is 1. The fourth-order valence-corrected chi connectivity index (χ4v) is 3.14. The van der Waals surface area contributed by atoms with Gasteiger partial charge in [-0.15, -0.1) is 0 Å². The van der Waals surface area contributed by atoms with Crippen molar-refractivity contribution < 1.29 is 21.9 Å². The quantitative estimate of drug-likeness (QED) is 0.748. The second-order valence-corrected chi connectivity index (χ2v) is 7.17. The summed E-state index contributed by atoms with van der Waals surface area (Å²) < 4.78 is 16.0. The maximum Gasteiger partial charge on any atom is 0.343 e. The minimum Gasteiger partial charge on any atom is -0.465 e. The van der Waals surface area contributed by atoms with Gasteiger partial charge in [0.05, 0.1) is 19.8 Å². The Hall–Kier alpha value is -1.96. The Morgan fingerprint density at radius 1 is 1.48 bits per heavy atom. The van der Waals surface area contributed by atoms with Crippen LogP contribution >= 0.6 is 0 Å². The van der Waals surface area contributed by atoms with Crippen molar-refractivity contribution in [2.45, 2.75) is 44.6 Å². The molecule has 2 N–H and O–H groups in total. The lowest BCUT2D eigenvalue weighted by Crippen LogP contribution is -2.51. The van der Waals surface area contributed by atoms with Crippen molar-refractivity contribution in [3.63, 3.8) is 0 Å². The highest BCUT2D eigenvalue weighted by Crippen LogP contribution is 2.23. The molecule has 0 spiro atoms. The molecule has 1 aliphatic heterocycles. The molecular weight excluding hydrogens is 324 g/mol. The van der Waals surface area contributed by atoms with Gasteiger partial charge in [0.1, 0.15) is 5.56 Å². The van der Waals surface area contributed by atoms with Crippen molar-refractivity contribution in [1.29, 1.82) is 0 Å². The van der Waals surface area contributed by atoms with E-state index >= 15 is 0 Å². The zero-order chi connectivity index (χ0) is 18.2. The molecule has 0 amide bonds. The summed E-state index contributed by atoms with van der Waals surface area (Å²) >= 11 is 0. The smallest absolute Gasteiger partial charge is 0.343 e. The molecule has 2 unspecified atom stereocenters. The van der Waals surface area contributed by atoms with Gasteiger partial charge in [-0.3, -0.25) is 4.79 Å². The Bertz CT molecular complexity index is 867. The molecule has 140 valence electrons. The van der Waals surface area contributed by atoms with Gasteiger partial charge < -0.3 is 24.5 Å². The molecule has 2 aliphatic rings. The van der Waals surface area contributed by atoms with Crippen molar-refractivity contribution in [2.75, 3.05) is 20.3 Å². The summed E-state index contributed by atoms with van der Waals surface area (Å²) in [5.74, 6) is -1.18. The fourth-order valence-electron chi connectivity index (χ4n) is 3.14. The van der Waals surface area contributed by atoms with Crippen molar-refractivity contribution >= 4 is 18.1 Å². The van der Waals surface area contributed by atoms with Crippen molar-refractivity contribution in [2.24, 2.45) is 0 Å². The summed E-state index contributed by atoms with van der Waals surface area (Å²) in [6.07, 6.45) is 4.69. The van der Waals surface area contributed by atoms with E-state index < -0.39 is 17.3 Å². The standard InChI is InChI=1S/C18H24N2O5.2H2/c1-17(2)24-10-12(25-17)9-19-18(3)6-5-11-7-13(16(22)23-4)15(21)20-14(11)8-18;;/h5,7-8,12,19H,6,9-10H2,1-4H3,(H,20,21);2*1H. The number of methoxy groups -OCH3 is 1. The van der Waals surface area contributed by atoms with Crippen LogP contribution in [0.5, 0.6) is 0 Å². The summed E-state index contributed by atoms with van der Waals surface area (Å²) in [5.41, 5.74) is -0.756. The molecule has 1 saturated heterocycles. The van der Waals surface area contributed by atoms with E-state index in [4.69, 9.17) is 9.47 Å². The molecule has 3 rings (SSSR count). The van der Waals surface area contributed by atoms with Crippen LogP contribution in [0, 0.1) is 0 Å². The molecular formula is C18H28N2O5. The average molecular weight is 352 g/mol. The fraction of sp³-hybridized carbons (Fsp3) is 0.556. The summed E-state index contributed by atoms with van der Waals surface area (Å²) in [7, 11) is 1.26. The number of rotatable bonds is 4. The van der Waals surface area contributed by atoms with Gasteiger partial charge in [-0.05, 0) is 44.6 Å². The monoisotopic (exact) mass is 352 g/mol. The van der Waals surface area contributed by atoms with Crippen molar-refractivity contribution in [3.8, 4) is 0 Å². The molecule has 0 saturated carbocycles. The number of nitrogens with one attached hydrogen (secondary N) is 2. The van der Waals surface area contributed by atoms with E-state index in [9.17, 15) is 9.59 Å². The predicted octanol–water partition coefficient (Wildman–Crippen LogP) is 0.118. The highest BCUT2D eigenvalue weighted by Gasteiger charge is 2.34. The van der Waals surface area contributed by atoms with Crippen LogP contribution in [-0.2, 0) is 14.2 Å². The Balaban J connectivity index is 0.00000182. The van der Waals surface area contributed by atoms with Gasteiger partial charge >= 0.3 is 5.97 Å². The Morgan fingerprint density at radius 3 is 2.88 bits per heavy atom. The molecule has 7 heteroatoms.